The Bertz CT molecular complexity index is 1040. The molecule has 0 spiro atoms. The molecule has 1 aliphatic heterocycles. The highest BCUT2D eigenvalue weighted by Crippen LogP contribution is 2.25. The lowest BCUT2D eigenvalue weighted by Gasteiger charge is -2.37. The summed E-state index contributed by atoms with van der Waals surface area (Å²) in [5, 5.41) is 3.02. The van der Waals surface area contributed by atoms with Gasteiger partial charge in [-0.1, -0.05) is 24.3 Å². The van der Waals surface area contributed by atoms with Gasteiger partial charge in [0, 0.05) is 44.0 Å². The molecular weight excluding hydrogens is 433 g/mol. The van der Waals surface area contributed by atoms with Gasteiger partial charge in [-0.2, -0.15) is 0 Å². The van der Waals surface area contributed by atoms with Crippen LogP contribution in [0, 0.1) is 17.7 Å². The fraction of sp³-hybridized carbons (Fsp3) is 0.333. The second kappa shape index (κ2) is 12.1. The van der Waals surface area contributed by atoms with Gasteiger partial charge < -0.3 is 14.8 Å². The van der Waals surface area contributed by atoms with Crippen molar-refractivity contribution in [2.75, 3.05) is 32.8 Å². The Morgan fingerprint density at radius 2 is 1.79 bits per heavy atom. The number of carbonyl (C=O) groups is 1. The fourth-order valence-corrected chi connectivity index (χ4v) is 4.26. The normalized spacial score (nSPS) is 18.3. The van der Waals surface area contributed by atoms with Crippen LogP contribution in [-0.4, -0.2) is 48.6 Å². The fourth-order valence-electron chi connectivity index (χ4n) is 4.26. The number of likely N-dealkylation sites (tertiary alicyclic amines) is 1. The van der Waals surface area contributed by atoms with Crippen LogP contribution in [0.4, 0.5) is 4.39 Å². The zero-order chi connectivity index (χ0) is 23.6. The van der Waals surface area contributed by atoms with Crippen LogP contribution >= 0.6 is 0 Å². The second-order valence-electron chi connectivity index (χ2n) is 8.57. The highest BCUT2D eigenvalue weighted by atomic mass is 19.1. The number of ether oxygens (including phenoxy) is 2. The van der Waals surface area contributed by atoms with Gasteiger partial charge in [-0.3, -0.25) is 14.7 Å². The Balaban J connectivity index is 1.33. The molecule has 1 saturated heterocycles. The number of pyridine rings is 1. The average Bonchev–Trinajstić information content (AvgIpc) is 2.86. The van der Waals surface area contributed by atoms with Crippen molar-refractivity contribution in [2.24, 2.45) is 11.8 Å². The third-order valence-corrected chi connectivity index (χ3v) is 5.83. The first-order valence-corrected chi connectivity index (χ1v) is 11.6. The van der Waals surface area contributed by atoms with E-state index in [4.69, 9.17) is 9.47 Å². The topological polar surface area (TPSA) is 63.7 Å². The molecule has 1 amide bonds. The maximum Gasteiger partial charge on any atom is 0.224 e. The first kappa shape index (κ1) is 23.7. The van der Waals surface area contributed by atoms with Crippen molar-refractivity contribution in [3.63, 3.8) is 0 Å². The molecule has 4 rings (SSSR count). The second-order valence-corrected chi connectivity index (χ2v) is 8.57. The van der Waals surface area contributed by atoms with Crippen molar-refractivity contribution >= 4 is 5.91 Å². The van der Waals surface area contributed by atoms with Gasteiger partial charge in [0.15, 0.2) is 0 Å². The average molecular weight is 464 g/mol. The number of nitrogens with one attached hydrogen (secondary N) is 1. The molecule has 0 radical (unpaired) electrons. The summed E-state index contributed by atoms with van der Waals surface area (Å²) in [5.41, 5.74) is 1.15. The number of rotatable bonds is 10. The van der Waals surface area contributed by atoms with Crippen molar-refractivity contribution in [2.45, 2.75) is 13.0 Å². The molecule has 3 aromatic rings. The molecule has 2 atom stereocenters. The van der Waals surface area contributed by atoms with E-state index in [0.717, 1.165) is 24.4 Å². The summed E-state index contributed by atoms with van der Waals surface area (Å²) in [6, 6.07) is 19.7. The minimum absolute atomic E-state index is 0.0202. The Morgan fingerprint density at radius 1 is 1.00 bits per heavy atom. The number of para-hydroxylation sites is 1. The molecule has 1 fully saturated rings. The Morgan fingerprint density at radius 3 is 2.59 bits per heavy atom. The predicted molar refractivity (Wildman–Crippen MR) is 128 cm³/mol. The first-order valence-electron chi connectivity index (χ1n) is 11.6. The third kappa shape index (κ3) is 7.28. The molecule has 1 aliphatic rings. The number of halogens is 1. The highest BCUT2D eigenvalue weighted by molar-refractivity contribution is 5.79. The SMILES string of the molecule is O=C(NCCOc1ccccc1)[C@@H]1C[C@H](COc2cccc(F)c2)CN(Cc2ccncc2)C1. The van der Waals surface area contributed by atoms with Crippen molar-refractivity contribution in [1.82, 2.24) is 15.2 Å². The van der Waals surface area contributed by atoms with E-state index in [0.29, 0.717) is 38.5 Å². The number of hydrogen-bond acceptors (Lipinski definition) is 5. The number of aromatic nitrogens is 1. The molecule has 1 aromatic heterocycles. The maximum absolute atomic E-state index is 13.5. The van der Waals surface area contributed by atoms with Gasteiger partial charge in [0.25, 0.3) is 0 Å². The van der Waals surface area contributed by atoms with Crippen LogP contribution < -0.4 is 14.8 Å². The number of amides is 1. The summed E-state index contributed by atoms with van der Waals surface area (Å²) in [6.07, 6.45) is 4.27. The van der Waals surface area contributed by atoms with Crippen LogP contribution in [-0.2, 0) is 11.3 Å². The Labute approximate surface area is 199 Å². The monoisotopic (exact) mass is 463 g/mol. The molecule has 7 heteroatoms. The summed E-state index contributed by atoms with van der Waals surface area (Å²) >= 11 is 0. The number of hydrogen-bond donors (Lipinski definition) is 1. The van der Waals surface area contributed by atoms with Gasteiger partial charge in [0.2, 0.25) is 5.91 Å². The van der Waals surface area contributed by atoms with Gasteiger partial charge in [0.1, 0.15) is 23.9 Å². The Hall–Kier alpha value is -3.45. The predicted octanol–water partition coefficient (Wildman–Crippen LogP) is 3.93. The van der Waals surface area contributed by atoms with E-state index >= 15 is 0 Å². The van der Waals surface area contributed by atoms with E-state index in [1.807, 2.05) is 42.5 Å². The van der Waals surface area contributed by atoms with Gasteiger partial charge in [-0.05, 0) is 48.4 Å². The minimum atomic E-state index is -0.324. The van der Waals surface area contributed by atoms with Crippen molar-refractivity contribution in [1.29, 1.82) is 0 Å². The lowest BCUT2D eigenvalue weighted by atomic mass is 9.88. The third-order valence-electron chi connectivity index (χ3n) is 5.83. The summed E-state index contributed by atoms with van der Waals surface area (Å²) in [5.74, 6) is 0.976. The number of benzene rings is 2. The largest absolute Gasteiger partial charge is 0.493 e. The van der Waals surface area contributed by atoms with Crippen LogP contribution in [0.2, 0.25) is 0 Å². The Kier molecular flexibility index (Phi) is 8.46. The molecule has 1 N–H and O–H groups in total. The molecule has 0 unspecified atom stereocenters. The highest BCUT2D eigenvalue weighted by Gasteiger charge is 2.32. The van der Waals surface area contributed by atoms with Crippen molar-refractivity contribution in [3.05, 3.63) is 90.5 Å². The first-order chi connectivity index (χ1) is 16.7. The molecule has 2 heterocycles. The standard InChI is InChI=1S/C27H30FN3O3/c28-24-5-4-8-26(16-24)34-20-22-15-23(19-31(18-22)17-21-9-11-29-12-10-21)27(32)30-13-14-33-25-6-2-1-3-7-25/h1-12,16,22-23H,13-15,17-20H2,(H,30,32)/t22-,23+/m0/s1. The van der Waals surface area contributed by atoms with E-state index in [-0.39, 0.29) is 23.6 Å². The van der Waals surface area contributed by atoms with Crippen LogP contribution in [0.15, 0.2) is 79.1 Å². The minimum Gasteiger partial charge on any atom is -0.493 e. The zero-order valence-electron chi connectivity index (χ0n) is 19.1. The van der Waals surface area contributed by atoms with E-state index in [9.17, 15) is 9.18 Å². The summed E-state index contributed by atoms with van der Waals surface area (Å²) in [4.78, 5) is 19.3. The van der Waals surface area contributed by atoms with E-state index < -0.39 is 0 Å². The maximum atomic E-state index is 13.5. The molecule has 0 saturated carbocycles. The summed E-state index contributed by atoms with van der Waals surface area (Å²) in [7, 11) is 0. The van der Waals surface area contributed by atoms with Gasteiger partial charge >= 0.3 is 0 Å². The van der Waals surface area contributed by atoms with Crippen molar-refractivity contribution < 1.29 is 18.7 Å². The zero-order valence-corrected chi connectivity index (χ0v) is 19.1. The van der Waals surface area contributed by atoms with E-state index in [2.05, 4.69) is 15.2 Å². The van der Waals surface area contributed by atoms with Gasteiger partial charge in [-0.25, -0.2) is 4.39 Å². The molecule has 178 valence electrons. The summed E-state index contributed by atoms with van der Waals surface area (Å²) < 4.78 is 25.1. The van der Waals surface area contributed by atoms with Crippen LogP contribution in [0.1, 0.15) is 12.0 Å². The van der Waals surface area contributed by atoms with E-state index in [1.165, 1.54) is 12.1 Å². The van der Waals surface area contributed by atoms with Crippen LogP contribution in [0.3, 0.4) is 0 Å². The smallest absolute Gasteiger partial charge is 0.224 e. The number of carbonyl (C=O) groups excluding carboxylic acids is 1. The molecule has 6 nitrogen and oxygen atoms in total. The molecule has 2 aromatic carbocycles. The molecule has 34 heavy (non-hydrogen) atoms. The molecular formula is C27H30FN3O3. The van der Waals surface area contributed by atoms with Gasteiger partial charge in [-0.15, -0.1) is 0 Å². The molecule has 0 bridgehead atoms. The number of piperidine rings is 1. The van der Waals surface area contributed by atoms with E-state index in [1.54, 1.807) is 24.5 Å². The lowest BCUT2D eigenvalue weighted by Crippen LogP contribution is -2.47. The molecule has 0 aliphatic carbocycles. The number of nitrogens with zero attached hydrogens (tertiary/aromatic N) is 2. The summed E-state index contributed by atoms with van der Waals surface area (Å²) in [6.45, 7) is 3.49. The van der Waals surface area contributed by atoms with Crippen LogP contribution in [0.25, 0.3) is 0 Å². The van der Waals surface area contributed by atoms with Crippen LogP contribution in [0.5, 0.6) is 11.5 Å². The quantitative estimate of drug-likeness (QED) is 0.462. The lowest BCUT2D eigenvalue weighted by molar-refractivity contribution is -0.127. The van der Waals surface area contributed by atoms with Gasteiger partial charge in [0.05, 0.1) is 19.1 Å². The van der Waals surface area contributed by atoms with Crippen molar-refractivity contribution in [3.8, 4) is 11.5 Å².